The Morgan fingerprint density at radius 3 is 2.67 bits per heavy atom. The lowest BCUT2D eigenvalue weighted by Crippen LogP contribution is -2.35. The SMILES string of the molecule is O=C(O)c1ccc2nc(CN3CCC(c4cccc(OCc5cccc6cc(F)cnc56)n4)CC3)n(C[C@@H]3CCO3)c2c1. The third-order valence-electron chi connectivity index (χ3n) is 8.51. The molecule has 3 aromatic heterocycles. The van der Waals surface area contributed by atoms with Crippen LogP contribution >= 0.6 is 0 Å². The summed E-state index contributed by atoms with van der Waals surface area (Å²) >= 11 is 0. The van der Waals surface area contributed by atoms with Crippen molar-refractivity contribution in [3.05, 3.63) is 95.3 Å². The molecule has 1 N–H and O–H groups in total. The molecular formula is C33H32FN5O4. The lowest BCUT2D eigenvalue weighted by atomic mass is 9.93. The summed E-state index contributed by atoms with van der Waals surface area (Å²) in [5.74, 6) is 0.519. The number of hydrogen-bond donors (Lipinski definition) is 1. The van der Waals surface area contributed by atoms with Crippen molar-refractivity contribution in [1.82, 2.24) is 24.4 Å². The second kappa shape index (κ2) is 11.7. The monoisotopic (exact) mass is 581 g/mol. The summed E-state index contributed by atoms with van der Waals surface area (Å²) in [5, 5.41) is 10.3. The van der Waals surface area contributed by atoms with Crippen LogP contribution < -0.4 is 4.74 Å². The maximum Gasteiger partial charge on any atom is 0.335 e. The highest BCUT2D eigenvalue weighted by Crippen LogP contribution is 2.30. The zero-order chi connectivity index (χ0) is 29.3. The van der Waals surface area contributed by atoms with Gasteiger partial charge in [-0.15, -0.1) is 0 Å². The fourth-order valence-corrected chi connectivity index (χ4v) is 6.05. The van der Waals surface area contributed by atoms with Crippen molar-refractivity contribution in [2.75, 3.05) is 19.7 Å². The molecule has 0 bridgehead atoms. The molecule has 0 spiro atoms. The number of imidazole rings is 1. The summed E-state index contributed by atoms with van der Waals surface area (Å²) in [6.45, 7) is 4.23. The number of likely N-dealkylation sites (tertiary alicyclic amines) is 1. The second-order valence-corrected chi connectivity index (χ2v) is 11.3. The van der Waals surface area contributed by atoms with Crippen LogP contribution in [0.3, 0.4) is 0 Å². The van der Waals surface area contributed by atoms with E-state index in [1.807, 2.05) is 30.3 Å². The normalized spacial score (nSPS) is 17.7. The third kappa shape index (κ3) is 5.80. The molecule has 2 saturated heterocycles. The van der Waals surface area contributed by atoms with Crippen LogP contribution in [0.25, 0.3) is 21.9 Å². The number of aromatic carboxylic acids is 1. The van der Waals surface area contributed by atoms with E-state index in [1.165, 1.54) is 12.3 Å². The summed E-state index contributed by atoms with van der Waals surface area (Å²) in [4.78, 5) is 28.0. The van der Waals surface area contributed by atoms with E-state index in [9.17, 15) is 14.3 Å². The summed E-state index contributed by atoms with van der Waals surface area (Å²) in [7, 11) is 0. The first-order chi connectivity index (χ1) is 21.0. The van der Waals surface area contributed by atoms with E-state index < -0.39 is 5.97 Å². The van der Waals surface area contributed by atoms with Gasteiger partial charge in [0.25, 0.3) is 0 Å². The van der Waals surface area contributed by atoms with Crippen molar-refractivity contribution in [2.24, 2.45) is 0 Å². The van der Waals surface area contributed by atoms with Crippen LogP contribution in [0.2, 0.25) is 0 Å². The number of carboxylic acid groups (broad SMARTS) is 1. The molecule has 43 heavy (non-hydrogen) atoms. The van der Waals surface area contributed by atoms with Crippen LogP contribution in [0.15, 0.2) is 66.9 Å². The minimum absolute atomic E-state index is 0.135. The predicted octanol–water partition coefficient (Wildman–Crippen LogP) is 5.56. The van der Waals surface area contributed by atoms with Crippen LogP contribution in [-0.2, 0) is 24.4 Å². The predicted molar refractivity (Wildman–Crippen MR) is 159 cm³/mol. The molecule has 5 heterocycles. The minimum atomic E-state index is -0.941. The maximum absolute atomic E-state index is 13.6. The fourth-order valence-electron chi connectivity index (χ4n) is 6.05. The first-order valence-electron chi connectivity index (χ1n) is 14.7. The highest BCUT2D eigenvalue weighted by molar-refractivity contribution is 5.92. The molecule has 0 saturated carbocycles. The standard InChI is InChI=1S/C33H32FN5O4/c34-25-15-22-3-1-4-24(32(22)35-17-25)20-43-31-6-2-5-27(37-31)21-9-12-38(13-10-21)19-30-36-28-8-7-23(33(40)41)16-29(28)39(30)18-26-11-14-42-26/h1-8,15-17,21,26H,9-14,18-20H2,(H,40,41)/t26-/m0/s1. The molecule has 2 fully saturated rings. The van der Waals surface area contributed by atoms with Gasteiger partial charge in [-0.25, -0.2) is 19.2 Å². The van der Waals surface area contributed by atoms with Crippen molar-refractivity contribution in [3.8, 4) is 5.88 Å². The fraction of sp³-hybridized carbons (Fsp3) is 0.333. The first kappa shape index (κ1) is 27.4. The summed E-state index contributed by atoms with van der Waals surface area (Å²) in [6.07, 6.45) is 4.29. The number of hydrogen-bond acceptors (Lipinski definition) is 7. The van der Waals surface area contributed by atoms with E-state index in [-0.39, 0.29) is 17.5 Å². The summed E-state index contributed by atoms with van der Waals surface area (Å²) < 4.78 is 27.5. The Balaban J connectivity index is 1.01. The Hall–Kier alpha value is -4.41. The first-order valence-corrected chi connectivity index (χ1v) is 14.7. The van der Waals surface area contributed by atoms with E-state index in [4.69, 9.17) is 19.4 Å². The molecule has 0 amide bonds. The number of nitrogens with zero attached hydrogens (tertiary/aromatic N) is 5. The Kier molecular flexibility index (Phi) is 7.46. The number of rotatable bonds is 9. The third-order valence-corrected chi connectivity index (χ3v) is 8.51. The van der Waals surface area contributed by atoms with E-state index in [0.29, 0.717) is 31.5 Å². The molecule has 5 aromatic rings. The van der Waals surface area contributed by atoms with Crippen LogP contribution in [0, 0.1) is 5.82 Å². The van der Waals surface area contributed by atoms with Crippen molar-refractivity contribution >= 4 is 27.9 Å². The number of para-hydroxylation sites is 1. The highest BCUT2D eigenvalue weighted by atomic mass is 19.1. The molecule has 7 rings (SSSR count). The van der Waals surface area contributed by atoms with Crippen molar-refractivity contribution in [3.63, 3.8) is 0 Å². The number of pyridine rings is 2. The van der Waals surface area contributed by atoms with Crippen molar-refractivity contribution in [1.29, 1.82) is 0 Å². The second-order valence-electron chi connectivity index (χ2n) is 11.3. The van der Waals surface area contributed by atoms with Gasteiger partial charge in [-0.05, 0) is 62.7 Å². The van der Waals surface area contributed by atoms with Crippen LogP contribution in [-0.4, -0.2) is 61.3 Å². The molecule has 2 aliphatic heterocycles. The number of carbonyl (C=O) groups is 1. The van der Waals surface area contributed by atoms with Crippen LogP contribution in [0.1, 0.15) is 52.6 Å². The number of benzene rings is 2. The van der Waals surface area contributed by atoms with Gasteiger partial charge in [-0.1, -0.05) is 24.3 Å². The molecule has 220 valence electrons. The molecule has 0 unspecified atom stereocenters. The molecular weight excluding hydrogens is 549 g/mol. The van der Waals surface area contributed by atoms with E-state index in [1.54, 1.807) is 18.2 Å². The van der Waals surface area contributed by atoms with E-state index >= 15 is 0 Å². The molecule has 10 heteroatoms. The maximum atomic E-state index is 13.6. The quantitative estimate of drug-likeness (QED) is 0.241. The van der Waals surface area contributed by atoms with Gasteiger partial charge in [0.05, 0.1) is 47.5 Å². The molecule has 2 aromatic carbocycles. The van der Waals surface area contributed by atoms with Crippen molar-refractivity contribution < 1.29 is 23.8 Å². The lowest BCUT2D eigenvalue weighted by molar-refractivity contribution is -0.0592. The van der Waals surface area contributed by atoms with Gasteiger partial charge >= 0.3 is 5.97 Å². The number of aromatic nitrogens is 4. The average molecular weight is 582 g/mol. The van der Waals surface area contributed by atoms with Gasteiger partial charge in [0.15, 0.2) is 0 Å². The molecule has 0 radical (unpaired) electrons. The minimum Gasteiger partial charge on any atom is -0.478 e. The molecule has 9 nitrogen and oxygen atoms in total. The Morgan fingerprint density at radius 1 is 1.05 bits per heavy atom. The van der Waals surface area contributed by atoms with Crippen LogP contribution in [0.5, 0.6) is 5.88 Å². The smallest absolute Gasteiger partial charge is 0.335 e. The van der Waals surface area contributed by atoms with E-state index in [0.717, 1.165) is 78.0 Å². The summed E-state index contributed by atoms with van der Waals surface area (Å²) in [5.41, 5.74) is 4.54. The average Bonchev–Trinajstić information content (AvgIpc) is 3.33. The van der Waals surface area contributed by atoms with E-state index in [2.05, 4.69) is 20.5 Å². The Morgan fingerprint density at radius 2 is 1.88 bits per heavy atom. The van der Waals surface area contributed by atoms with Gasteiger partial charge < -0.3 is 19.1 Å². The summed E-state index contributed by atoms with van der Waals surface area (Å²) in [6, 6.07) is 18.2. The van der Waals surface area contributed by atoms with Gasteiger partial charge in [0.1, 0.15) is 18.2 Å². The number of halogens is 1. The number of piperidine rings is 1. The molecule has 0 aliphatic carbocycles. The zero-order valence-electron chi connectivity index (χ0n) is 23.7. The largest absolute Gasteiger partial charge is 0.478 e. The molecule has 2 aliphatic rings. The van der Waals surface area contributed by atoms with Gasteiger partial charge in [0.2, 0.25) is 5.88 Å². The van der Waals surface area contributed by atoms with Crippen molar-refractivity contribution in [2.45, 2.75) is 51.0 Å². The number of fused-ring (bicyclic) bond motifs is 2. The Bertz CT molecular complexity index is 1800. The highest BCUT2D eigenvalue weighted by Gasteiger charge is 2.26. The molecule has 1 atom stereocenters. The Labute approximate surface area is 247 Å². The topological polar surface area (TPSA) is 103 Å². The van der Waals surface area contributed by atoms with Gasteiger partial charge in [0, 0.05) is 35.2 Å². The van der Waals surface area contributed by atoms with Gasteiger partial charge in [-0.2, -0.15) is 0 Å². The lowest BCUT2D eigenvalue weighted by Gasteiger charge is -2.32. The number of ether oxygens (including phenoxy) is 2. The van der Waals surface area contributed by atoms with Crippen LogP contribution in [0.4, 0.5) is 4.39 Å². The number of carboxylic acids is 1. The zero-order valence-corrected chi connectivity index (χ0v) is 23.7. The van der Waals surface area contributed by atoms with Gasteiger partial charge in [-0.3, -0.25) is 9.88 Å².